The molecule has 0 saturated carbocycles. The Balaban J connectivity index is -0.0000000152. The first kappa shape index (κ1) is 50.1. The van der Waals surface area contributed by atoms with E-state index < -0.39 is 0 Å². The van der Waals surface area contributed by atoms with E-state index in [1.54, 1.807) is 0 Å². The van der Waals surface area contributed by atoms with Gasteiger partial charge in [0.15, 0.2) is 0 Å². The molecule has 0 unspecified atom stereocenters. The predicted molar refractivity (Wildman–Crippen MR) is 109 cm³/mol. The van der Waals surface area contributed by atoms with Crippen molar-refractivity contribution < 1.29 is 0 Å². The molecule has 0 N–H and O–H groups in total. The van der Waals surface area contributed by atoms with Gasteiger partial charge in [0, 0.05) is 0 Å². The van der Waals surface area contributed by atoms with Crippen LogP contribution in [-0.2, 0) is 0 Å². The number of hydrogen-bond acceptors (Lipinski definition) is 0. The van der Waals surface area contributed by atoms with Gasteiger partial charge < -0.3 is 0 Å². The number of rotatable bonds is 4. The monoisotopic (exact) mass is 296 g/mol. The summed E-state index contributed by atoms with van der Waals surface area (Å²) in [6.07, 6.45) is 9.40. The van der Waals surface area contributed by atoms with Gasteiger partial charge in [-0.05, 0) is 0 Å². The van der Waals surface area contributed by atoms with Gasteiger partial charge in [-0.1, -0.05) is 136 Å². The van der Waals surface area contributed by atoms with Crippen molar-refractivity contribution in [2.45, 2.75) is 136 Å². The van der Waals surface area contributed by atoms with Crippen LogP contribution in [0.25, 0.3) is 0 Å². The Morgan fingerprint density at radius 1 is 0.400 bits per heavy atom. The number of hydrogen-bond donors (Lipinski definition) is 0. The third-order valence-electron chi connectivity index (χ3n) is 1.41. The lowest BCUT2D eigenvalue weighted by atomic mass is 10.3. The average Bonchev–Trinajstić information content (AvgIpc) is 2.38. The van der Waals surface area contributed by atoms with Crippen molar-refractivity contribution in [1.29, 1.82) is 0 Å². The van der Waals surface area contributed by atoms with Crippen LogP contribution in [0.2, 0.25) is 0 Å². The standard InChI is InChI=1S/2C5H12.C3H8.2C2H6.3CH4/c2*1-3-5-4-2;1-3-2;2*1-2;;;/h2*3-5H2,1-2H3;3H2,1-2H3;2*1-2H3;3*1H4. The topological polar surface area (TPSA) is 0 Å². The highest BCUT2D eigenvalue weighted by Crippen LogP contribution is 1.88. The summed E-state index contributed by atoms with van der Waals surface area (Å²) < 4.78 is 0. The molecule has 0 heteroatoms. The molecule has 136 valence electrons. The van der Waals surface area contributed by atoms with Crippen LogP contribution in [0.15, 0.2) is 0 Å². The Hall–Kier alpha value is 0. The van der Waals surface area contributed by atoms with Crippen molar-refractivity contribution in [3.8, 4) is 0 Å². The summed E-state index contributed by atoms with van der Waals surface area (Å²) in [5.41, 5.74) is 0. The first-order chi connectivity index (χ1) is 8.24. The highest BCUT2D eigenvalue weighted by atomic mass is 13.7. The third-order valence-corrected chi connectivity index (χ3v) is 1.41. The van der Waals surface area contributed by atoms with Crippen LogP contribution < -0.4 is 0 Å². The second-order valence-corrected chi connectivity index (χ2v) is 3.41. The maximum Gasteiger partial charge on any atom is -0.0538 e. The molecule has 0 heterocycles. The van der Waals surface area contributed by atoms with Gasteiger partial charge in [0.2, 0.25) is 0 Å². The molecule has 20 heavy (non-hydrogen) atoms. The van der Waals surface area contributed by atoms with E-state index >= 15 is 0 Å². The first-order valence-corrected chi connectivity index (χ1v) is 8.24. The molecule has 0 aromatic rings. The van der Waals surface area contributed by atoms with Gasteiger partial charge in [0.05, 0.1) is 0 Å². The van der Waals surface area contributed by atoms with Crippen LogP contribution in [0.1, 0.15) is 136 Å². The van der Waals surface area contributed by atoms with Crippen LogP contribution in [0.4, 0.5) is 0 Å². The third kappa shape index (κ3) is 325. The molecule has 0 saturated heterocycles. The van der Waals surface area contributed by atoms with E-state index in [-0.39, 0.29) is 22.3 Å². The highest BCUT2D eigenvalue weighted by molar-refractivity contribution is 4.24. The molecule has 0 amide bonds. The quantitative estimate of drug-likeness (QED) is 0.484. The lowest BCUT2D eigenvalue weighted by Gasteiger charge is -1.79. The summed E-state index contributed by atoms with van der Waals surface area (Å²) in [4.78, 5) is 0. The summed E-state index contributed by atoms with van der Waals surface area (Å²) in [7, 11) is 0. The fraction of sp³-hybridized carbons (Fsp3) is 1.00. The molecule has 0 atom stereocenters. The van der Waals surface area contributed by atoms with Crippen molar-refractivity contribution in [2.24, 2.45) is 0 Å². The van der Waals surface area contributed by atoms with Gasteiger partial charge in [-0.15, -0.1) is 0 Å². The van der Waals surface area contributed by atoms with Crippen LogP contribution >= 0.6 is 0 Å². The van der Waals surface area contributed by atoms with Crippen molar-refractivity contribution in [3.05, 3.63) is 0 Å². The minimum Gasteiger partial charge on any atom is -0.0776 e. The molecular weight excluding hydrogens is 240 g/mol. The average molecular weight is 297 g/mol. The minimum absolute atomic E-state index is 0. The Morgan fingerprint density at radius 3 is 0.500 bits per heavy atom. The van der Waals surface area contributed by atoms with Crippen LogP contribution in [0.5, 0.6) is 0 Å². The second kappa shape index (κ2) is 126. The van der Waals surface area contributed by atoms with Gasteiger partial charge in [0.25, 0.3) is 0 Å². The summed E-state index contributed by atoms with van der Waals surface area (Å²) in [5.74, 6) is 0. The van der Waals surface area contributed by atoms with Gasteiger partial charge in [-0.3, -0.25) is 0 Å². The van der Waals surface area contributed by atoms with Crippen molar-refractivity contribution in [2.75, 3.05) is 0 Å². The molecule has 0 fully saturated rings. The fourth-order valence-electron chi connectivity index (χ4n) is 0.707. The van der Waals surface area contributed by atoms with Crippen LogP contribution in [0.3, 0.4) is 0 Å². The maximum absolute atomic E-state index is 2.21. The molecule has 0 nitrogen and oxygen atoms in total. The predicted octanol–water partition coefficient (Wildman–Crippen LogP) is 9.77. The van der Waals surface area contributed by atoms with E-state index in [0.29, 0.717) is 0 Å². The van der Waals surface area contributed by atoms with Gasteiger partial charge in [0.1, 0.15) is 0 Å². The van der Waals surface area contributed by atoms with E-state index in [1.165, 1.54) is 44.9 Å². The van der Waals surface area contributed by atoms with Gasteiger partial charge in [-0.25, -0.2) is 0 Å². The molecule has 0 radical (unpaired) electrons. The Kier molecular flexibility index (Phi) is 315. The molecule has 0 aromatic carbocycles. The smallest absolute Gasteiger partial charge is 0.0538 e. The van der Waals surface area contributed by atoms with E-state index in [0.717, 1.165) is 0 Å². The maximum atomic E-state index is 2.21. The molecule has 0 aliphatic carbocycles. The second-order valence-electron chi connectivity index (χ2n) is 3.41. The lowest BCUT2D eigenvalue weighted by molar-refractivity contribution is 0.772. The molecule has 0 aromatic heterocycles. The van der Waals surface area contributed by atoms with E-state index in [4.69, 9.17) is 0 Å². The van der Waals surface area contributed by atoms with Crippen molar-refractivity contribution in [3.63, 3.8) is 0 Å². The zero-order valence-corrected chi connectivity index (χ0v) is 14.9. The van der Waals surface area contributed by atoms with Crippen molar-refractivity contribution >= 4 is 0 Å². The van der Waals surface area contributed by atoms with Gasteiger partial charge in [-0.2, -0.15) is 0 Å². The fourth-order valence-corrected chi connectivity index (χ4v) is 0.707. The van der Waals surface area contributed by atoms with E-state index in [9.17, 15) is 0 Å². The normalized spacial score (nSPS) is 5.70. The van der Waals surface area contributed by atoms with Crippen LogP contribution in [-0.4, -0.2) is 0 Å². The molecular formula is C20H56. The van der Waals surface area contributed by atoms with Gasteiger partial charge >= 0.3 is 0 Å². The zero-order chi connectivity index (χ0) is 14.9. The summed E-state index contributed by atoms with van der Waals surface area (Å²) in [6.45, 7) is 21.1. The first-order valence-electron chi connectivity index (χ1n) is 8.24. The Morgan fingerprint density at radius 2 is 0.500 bits per heavy atom. The number of unbranched alkanes of at least 4 members (excludes halogenated alkanes) is 4. The van der Waals surface area contributed by atoms with Crippen molar-refractivity contribution in [1.82, 2.24) is 0 Å². The Bertz CT molecular complexity index is 29.3. The minimum atomic E-state index is 0. The van der Waals surface area contributed by atoms with E-state index in [1.807, 2.05) is 27.7 Å². The molecule has 0 aliphatic heterocycles. The molecule has 0 rings (SSSR count). The Labute approximate surface area is 137 Å². The summed E-state index contributed by atoms with van der Waals surface area (Å²) in [5, 5.41) is 0. The summed E-state index contributed by atoms with van der Waals surface area (Å²) in [6, 6.07) is 0. The molecule has 0 spiro atoms. The SMILES string of the molecule is C.C.C.CC.CC.CCC.CCCCC.CCCCC. The molecule has 0 aliphatic rings. The van der Waals surface area contributed by atoms with E-state index in [2.05, 4.69) is 41.5 Å². The highest BCUT2D eigenvalue weighted by Gasteiger charge is 1.68. The molecule has 0 bridgehead atoms. The lowest BCUT2D eigenvalue weighted by Crippen LogP contribution is -1.59. The summed E-state index contributed by atoms with van der Waals surface area (Å²) >= 11 is 0. The zero-order valence-electron chi connectivity index (χ0n) is 14.9. The largest absolute Gasteiger partial charge is 0.0776 e. The van der Waals surface area contributed by atoms with Crippen LogP contribution in [0, 0.1) is 0 Å².